The molecule has 4 N–H and O–H groups in total. The molecule has 2 nitrogen and oxygen atoms in total. The summed E-state index contributed by atoms with van der Waals surface area (Å²) in [4.78, 5) is 0. The first-order valence-electron chi connectivity index (χ1n) is 4.48. The van der Waals surface area contributed by atoms with Gasteiger partial charge in [-0.1, -0.05) is 17.7 Å². The van der Waals surface area contributed by atoms with Crippen molar-refractivity contribution in [1.29, 1.82) is 0 Å². The molecule has 1 aliphatic carbocycles. The summed E-state index contributed by atoms with van der Waals surface area (Å²) < 4.78 is 0. The van der Waals surface area contributed by atoms with Gasteiger partial charge in [-0.15, -0.1) is 0 Å². The minimum Gasteiger partial charge on any atom is -0.326 e. The van der Waals surface area contributed by atoms with Crippen LogP contribution in [0.15, 0.2) is 18.2 Å². The summed E-state index contributed by atoms with van der Waals surface area (Å²) in [5.74, 6) is 0. The Kier molecular flexibility index (Phi) is 2.28. The third-order valence-corrected chi connectivity index (χ3v) is 2.91. The molecule has 0 aromatic heterocycles. The number of hydrogen-bond acceptors (Lipinski definition) is 2. The van der Waals surface area contributed by atoms with E-state index in [4.69, 9.17) is 23.1 Å². The summed E-state index contributed by atoms with van der Waals surface area (Å²) in [6.45, 7) is 0. The smallest absolute Gasteiger partial charge is 0.0451 e. The molecule has 0 saturated carbocycles. The van der Waals surface area contributed by atoms with Crippen LogP contribution >= 0.6 is 11.6 Å². The third kappa shape index (κ3) is 1.57. The van der Waals surface area contributed by atoms with E-state index >= 15 is 0 Å². The highest BCUT2D eigenvalue weighted by molar-refractivity contribution is 6.30. The number of halogens is 1. The second-order valence-electron chi connectivity index (χ2n) is 3.57. The van der Waals surface area contributed by atoms with Gasteiger partial charge in [-0.05, 0) is 36.1 Å². The van der Waals surface area contributed by atoms with E-state index in [1.165, 1.54) is 5.56 Å². The Bertz CT molecular complexity index is 325. The van der Waals surface area contributed by atoms with Gasteiger partial charge in [0.25, 0.3) is 0 Å². The summed E-state index contributed by atoms with van der Waals surface area (Å²) in [7, 11) is 0. The van der Waals surface area contributed by atoms with Gasteiger partial charge in [-0.2, -0.15) is 0 Å². The van der Waals surface area contributed by atoms with Crippen LogP contribution in [-0.2, 0) is 6.42 Å². The highest BCUT2D eigenvalue weighted by Crippen LogP contribution is 2.29. The fraction of sp³-hybridized carbons (Fsp3) is 0.400. The lowest BCUT2D eigenvalue weighted by Gasteiger charge is -2.28. The maximum absolute atomic E-state index is 5.97. The van der Waals surface area contributed by atoms with Crippen LogP contribution in [0.25, 0.3) is 0 Å². The number of nitrogens with two attached hydrogens (primary N) is 2. The molecule has 0 bridgehead atoms. The molecule has 2 atom stereocenters. The molecule has 1 aromatic carbocycles. The van der Waals surface area contributed by atoms with Crippen LogP contribution in [0.3, 0.4) is 0 Å². The summed E-state index contributed by atoms with van der Waals surface area (Å²) in [5, 5.41) is 0.779. The molecular formula is C10H13ClN2. The predicted molar refractivity (Wildman–Crippen MR) is 54.7 cm³/mol. The lowest BCUT2D eigenvalue weighted by molar-refractivity contribution is 0.481. The average molecular weight is 197 g/mol. The molecule has 0 fully saturated rings. The Balaban J connectivity index is 2.44. The summed E-state index contributed by atoms with van der Waals surface area (Å²) in [6.07, 6.45) is 1.94. The van der Waals surface area contributed by atoms with Gasteiger partial charge in [0.2, 0.25) is 0 Å². The minimum atomic E-state index is -0.0268. The molecule has 0 amide bonds. The van der Waals surface area contributed by atoms with E-state index in [-0.39, 0.29) is 12.1 Å². The van der Waals surface area contributed by atoms with Crippen LogP contribution in [-0.4, -0.2) is 6.04 Å². The molecule has 2 rings (SSSR count). The van der Waals surface area contributed by atoms with Gasteiger partial charge in [0.1, 0.15) is 0 Å². The molecule has 0 spiro atoms. The molecule has 1 aliphatic rings. The number of fused-ring (bicyclic) bond motifs is 1. The zero-order chi connectivity index (χ0) is 9.42. The second kappa shape index (κ2) is 3.29. The summed E-state index contributed by atoms with van der Waals surface area (Å²) >= 11 is 5.89. The first-order valence-corrected chi connectivity index (χ1v) is 4.86. The average Bonchev–Trinajstić information content (AvgIpc) is 2.12. The van der Waals surface area contributed by atoms with Gasteiger partial charge < -0.3 is 11.5 Å². The fourth-order valence-electron chi connectivity index (χ4n) is 1.85. The lowest BCUT2D eigenvalue weighted by atomic mass is 9.85. The van der Waals surface area contributed by atoms with Crippen LogP contribution in [0.1, 0.15) is 23.6 Å². The SMILES string of the molecule is N[C@@H]1CCc2cc(Cl)ccc2[C@@H]1N. The van der Waals surface area contributed by atoms with E-state index in [9.17, 15) is 0 Å². The number of benzene rings is 1. The third-order valence-electron chi connectivity index (χ3n) is 2.67. The number of rotatable bonds is 0. The van der Waals surface area contributed by atoms with Crippen molar-refractivity contribution in [2.75, 3.05) is 0 Å². The number of aryl methyl sites for hydroxylation is 1. The molecule has 0 saturated heterocycles. The van der Waals surface area contributed by atoms with Gasteiger partial charge in [0.15, 0.2) is 0 Å². The van der Waals surface area contributed by atoms with Crippen molar-refractivity contribution in [1.82, 2.24) is 0 Å². The van der Waals surface area contributed by atoms with Gasteiger partial charge in [0, 0.05) is 17.1 Å². The molecule has 0 radical (unpaired) electrons. The zero-order valence-corrected chi connectivity index (χ0v) is 8.09. The Morgan fingerprint density at radius 1 is 1.31 bits per heavy atom. The second-order valence-corrected chi connectivity index (χ2v) is 4.01. The molecule has 1 aromatic rings. The maximum Gasteiger partial charge on any atom is 0.0451 e. The molecule has 0 heterocycles. The lowest BCUT2D eigenvalue weighted by Crippen LogP contribution is -2.38. The van der Waals surface area contributed by atoms with Crippen LogP contribution in [0, 0.1) is 0 Å². The Morgan fingerprint density at radius 2 is 2.08 bits per heavy atom. The standard InChI is InChI=1S/C10H13ClN2/c11-7-2-3-8-6(5-7)1-4-9(12)10(8)13/h2-3,5,9-10H,1,4,12-13H2/t9-,10+/m1/s1. The van der Waals surface area contributed by atoms with Crippen molar-refractivity contribution in [3.05, 3.63) is 34.3 Å². The molecular weight excluding hydrogens is 184 g/mol. The monoisotopic (exact) mass is 196 g/mol. The molecule has 0 unspecified atom stereocenters. The predicted octanol–water partition coefficient (Wildman–Crippen LogP) is 1.61. The Labute approximate surface area is 82.9 Å². The van der Waals surface area contributed by atoms with Gasteiger partial charge in [0.05, 0.1) is 0 Å². The van der Waals surface area contributed by atoms with Gasteiger partial charge >= 0.3 is 0 Å². The van der Waals surface area contributed by atoms with Crippen molar-refractivity contribution in [3.8, 4) is 0 Å². The first-order chi connectivity index (χ1) is 6.18. The van der Waals surface area contributed by atoms with Crippen molar-refractivity contribution in [3.63, 3.8) is 0 Å². The van der Waals surface area contributed by atoms with E-state index < -0.39 is 0 Å². The van der Waals surface area contributed by atoms with Crippen LogP contribution in [0.2, 0.25) is 5.02 Å². The topological polar surface area (TPSA) is 52.0 Å². The molecule has 70 valence electrons. The van der Waals surface area contributed by atoms with Crippen molar-refractivity contribution in [2.24, 2.45) is 11.5 Å². The van der Waals surface area contributed by atoms with E-state index in [1.54, 1.807) is 0 Å². The fourth-order valence-corrected chi connectivity index (χ4v) is 2.04. The Hall–Kier alpha value is -0.570. The van der Waals surface area contributed by atoms with Gasteiger partial charge in [-0.3, -0.25) is 0 Å². The van der Waals surface area contributed by atoms with Gasteiger partial charge in [-0.25, -0.2) is 0 Å². The van der Waals surface area contributed by atoms with Crippen LogP contribution < -0.4 is 11.5 Å². The first kappa shape index (κ1) is 9.00. The van der Waals surface area contributed by atoms with E-state index in [2.05, 4.69) is 0 Å². The highest BCUT2D eigenvalue weighted by atomic mass is 35.5. The van der Waals surface area contributed by atoms with Crippen molar-refractivity contribution in [2.45, 2.75) is 24.9 Å². The highest BCUT2D eigenvalue weighted by Gasteiger charge is 2.23. The minimum absolute atomic E-state index is 0.0268. The van der Waals surface area contributed by atoms with Crippen molar-refractivity contribution >= 4 is 11.6 Å². The maximum atomic E-state index is 5.97. The van der Waals surface area contributed by atoms with Crippen LogP contribution in [0.4, 0.5) is 0 Å². The normalized spacial score (nSPS) is 27.0. The largest absolute Gasteiger partial charge is 0.326 e. The Morgan fingerprint density at radius 3 is 2.85 bits per heavy atom. The summed E-state index contributed by atoms with van der Waals surface area (Å²) in [6, 6.07) is 5.91. The van der Waals surface area contributed by atoms with E-state index in [1.807, 2.05) is 18.2 Å². The van der Waals surface area contributed by atoms with E-state index in [0.717, 1.165) is 23.4 Å². The summed E-state index contributed by atoms with van der Waals surface area (Å²) in [5.41, 5.74) is 14.3. The van der Waals surface area contributed by atoms with Crippen LogP contribution in [0.5, 0.6) is 0 Å². The number of hydrogen-bond donors (Lipinski definition) is 2. The van der Waals surface area contributed by atoms with Crippen molar-refractivity contribution < 1.29 is 0 Å². The van der Waals surface area contributed by atoms with E-state index in [0.29, 0.717) is 0 Å². The molecule has 0 aliphatic heterocycles. The zero-order valence-electron chi connectivity index (χ0n) is 7.33. The molecule has 13 heavy (non-hydrogen) atoms. The molecule has 3 heteroatoms. The quantitative estimate of drug-likeness (QED) is 0.663.